The second-order valence-corrected chi connectivity index (χ2v) is 5.65. The van der Waals surface area contributed by atoms with Crippen LogP contribution in [0.4, 0.5) is 0 Å². The van der Waals surface area contributed by atoms with Crippen LogP contribution in [0.15, 0.2) is 42.5 Å². The number of hydrogen-bond donors (Lipinski definition) is 3. The van der Waals surface area contributed by atoms with E-state index in [0.29, 0.717) is 13.0 Å². The lowest BCUT2D eigenvalue weighted by Crippen LogP contribution is -2.23. The standard InChI is InChI=1S/C18H21NO2/c1-19-9-8-17(20)18(21)13-6-7-16-14(11-13)10-12-4-2-3-5-15(12)16/h2-7,11,17-21H,8-10H2,1H3. The number of rotatable bonds is 5. The summed E-state index contributed by atoms with van der Waals surface area (Å²) in [7, 11) is 1.84. The number of aliphatic hydroxyl groups excluding tert-OH is 2. The molecular weight excluding hydrogens is 262 g/mol. The number of hydrogen-bond acceptors (Lipinski definition) is 3. The van der Waals surface area contributed by atoms with Crippen molar-refractivity contribution in [3.05, 3.63) is 59.2 Å². The summed E-state index contributed by atoms with van der Waals surface area (Å²) in [4.78, 5) is 0. The van der Waals surface area contributed by atoms with Gasteiger partial charge in [-0.1, -0.05) is 42.5 Å². The molecule has 2 atom stereocenters. The molecule has 3 nitrogen and oxygen atoms in total. The fourth-order valence-corrected chi connectivity index (χ4v) is 3.02. The zero-order valence-corrected chi connectivity index (χ0v) is 12.2. The summed E-state index contributed by atoms with van der Waals surface area (Å²) >= 11 is 0. The summed E-state index contributed by atoms with van der Waals surface area (Å²) in [5, 5.41) is 23.3. The molecule has 0 fully saturated rings. The zero-order chi connectivity index (χ0) is 14.8. The maximum absolute atomic E-state index is 10.3. The van der Waals surface area contributed by atoms with E-state index in [0.717, 1.165) is 12.0 Å². The largest absolute Gasteiger partial charge is 0.390 e. The molecular formula is C18H21NO2. The summed E-state index contributed by atoms with van der Waals surface area (Å²) in [6.07, 6.45) is -0.125. The minimum absolute atomic E-state index is 0.537. The smallest absolute Gasteiger partial charge is 0.105 e. The van der Waals surface area contributed by atoms with Gasteiger partial charge in [0.25, 0.3) is 0 Å². The first-order chi connectivity index (χ1) is 10.2. The Morgan fingerprint density at radius 1 is 1.05 bits per heavy atom. The fraction of sp³-hybridized carbons (Fsp3) is 0.333. The van der Waals surface area contributed by atoms with Gasteiger partial charge in [0.2, 0.25) is 0 Å². The molecule has 0 spiro atoms. The van der Waals surface area contributed by atoms with Gasteiger partial charge in [-0.05, 0) is 54.3 Å². The predicted molar refractivity (Wildman–Crippen MR) is 84.2 cm³/mol. The molecule has 1 aliphatic carbocycles. The zero-order valence-electron chi connectivity index (χ0n) is 12.2. The van der Waals surface area contributed by atoms with Crippen LogP contribution in [0.3, 0.4) is 0 Å². The highest BCUT2D eigenvalue weighted by Crippen LogP contribution is 2.37. The molecule has 3 rings (SSSR count). The first kappa shape index (κ1) is 14.3. The highest BCUT2D eigenvalue weighted by Gasteiger charge is 2.22. The van der Waals surface area contributed by atoms with Gasteiger partial charge in [0.1, 0.15) is 6.10 Å². The van der Waals surface area contributed by atoms with E-state index >= 15 is 0 Å². The lowest BCUT2D eigenvalue weighted by molar-refractivity contribution is 0.0140. The summed E-state index contributed by atoms with van der Waals surface area (Å²) in [5.74, 6) is 0. The van der Waals surface area contributed by atoms with Crippen LogP contribution in [-0.2, 0) is 6.42 Å². The first-order valence-corrected chi connectivity index (χ1v) is 7.42. The Morgan fingerprint density at radius 2 is 1.81 bits per heavy atom. The minimum atomic E-state index is -0.827. The van der Waals surface area contributed by atoms with E-state index < -0.39 is 12.2 Å². The molecule has 0 radical (unpaired) electrons. The van der Waals surface area contributed by atoms with Crippen molar-refractivity contribution >= 4 is 0 Å². The van der Waals surface area contributed by atoms with Gasteiger partial charge >= 0.3 is 0 Å². The summed E-state index contributed by atoms with van der Waals surface area (Å²) in [6, 6.07) is 14.4. The van der Waals surface area contributed by atoms with Crippen LogP contribution in [0.5, 0.6) is 0 Å². The molecule has 0 aliphatic heterocycles. The lowest BCUT2D eigenvalue weighted by atomic mass is 9.97. The minimum Gasteiger partial charge on any atom is -0.390 e. The van der Waals surface area contributed by atoms with E-state index in [9.17, 15) is 10.2 Å². The van der Waals surface area contributed by atoms with E-state index in [1.807, 2.05) is 19.2 Å². The molecule has 0 aromatic heterocycles. The second-order valence-electron chi connectivity index (χ2n) is 5.65. The molecule has 21 heavy (non-hydrogen) atoms. The third-order valence-corrected chi connectivity index (χ3v) is 4.21. The Bertz CT molecular complexity index is 639. The highest BCUT2D eigenvalue weighted by molar-refractivity contribution is 5.76. The van der Waals surface area contributed by atoms with E-state index in [1.54, 1.807) is 0 Å². The SMILES string of the molecule is CNCCC(O)C(O)c1ccc2c(c1)Cc1ccccc1-2. The quantitative estimate of drug-likeness (QED) is 0.673. The number of benzene rings is 2. The van der Waals surface area contributed by atoms with Crippen LogP contribution in [0.25, 0.3) is 11.1 Å². The molecule has 3 heteroatoms. The van der Waals surface area contributed by atoms with Crippen LogP contribution < -0.4 is 5.32 Å². The van der Waals surface area contributed by atoms with Crippen LogP contribution >= 0.6 is 0 Å². The van der Waals surface area contributed by atoms with Crippen LogP contribution in [0.1, 0.15) is 29.2 Å². The van der Waals surface area contributed by atoms with Crippen molar-refractivity contribution in [2.24, 2.45) is 0 Å². The Balaban J connectivity index is 1.83. The Kier molecular flexibility index (Phi) is 4.06. The third kappa shape index (κ3) is 2.72. The van der Waals surface area contributed by atoms with Gasteiger partial charge in [-0.15, -0.1) is 0 Å². The molecule has 0 heterocycles. The van der Waals surface area contributed by atoms with Gasteiger partial charge in [0, 0.05) is 0 Å². The van der Waals surface area contributed by atoms with E-state index in [1.165, 1.54) is 22.3 Å². The average Bonchev–Trinajstić information content (AvgIpc) is 2.89. The van der Waals surface area contributed by atoms with Crippen molar-refractivity contribution < 1.29 is 10.2 Å². The molecule has 2 aromatic carbocycles. The number of nitrogens with one attached hydrogen (secondary N) is 1. The van der Waals surface area contributed by atoms with Gasteiger partial charge in [0.05, 0.1) is 6.10 Å². The molecule has 0 saturated heterocycles. The van der Waals surface area contributed by atoms with Crippen LogP contribution in [0, 0.1) is 0 Å². The highest BCUT2D eigenvalue weighted by atomic mass is 16.3. The monoisotopic (exact) mass is 283 g/mol. The maximum atomic E-state index is 10.3. The molecule has 110 valence electrons. The van der Waals surface area contributed by atoms with Crippen molar-refractivity contribution in [3.63, 3.8) is 0 Å². The Morgan fingerprint density at radius 3 is 2.62 bits per heavy atom. The second kappa shape index (κ2) is 5.98. The average molecular weight is 283 g/mol. The van der Waals surface area contributed by atoms with Crippen molar-refractivity contribution in [3.8, 4) is 11.1 Å². The van der Waals surface area contributed by atoms with Gasteiger partial charge in [-0.25, -0.2) is 0 Å². The predicted octanol–water partition coefficient (Wildman–Crippen LogP) is 2.26. The molecule has 2 aromatic rings. The molecule has 0 saturated carbocycles. The van der Waals surface area contributed by atoms with Crippen molar-refractivity contribution in [2.45, 2.75) is 25.0 Å². The fourth-order valence-electron chi connectivity index (χ4n) is 3.02. The summed E-state index contributed by atoms with van der Waals surface area (Å²) in [5.41, 5.74) is 5.88. The normalized spacial score (nSPS) is 15.4. The molecule has 3 N–H and O–H groups in total. The third-order valence-electron chi connectivity index (χ3n) is 4.21. The summed E-state index contributed by atoms with van der Waals surface area (Å²) in [6.45, 7) is 0.689. The number of aliphatic hydroxyl groups is 2. The van der Waals surface area contributed by atoms with Crippen molar-refractivity contribution in [1.29, 1.82) is 0 Å². The molecule has 2 unspecified atom stereocenters. The van der Waals surface area contributed by atoms with Gasteiger partial charge in [0.15, 0.2) is 0 Å². The van der Waals surface area contributed by atoms with Gasteiger partial charge in [-0.2, -0.15) is 0 Å². The van der Waals surface area contributed by atoms with Crippen molar-refractivity contribution in [2.75, 3.05) is 13.6 Å². The van der Waals surface area contributed by atoms with E-state index in [4.69, 9.17) is 0 Å². The van der Waals surface area contributed by atoms with Crippen LogP contribution in [-0.4, -0.2) is 29.9 Å². The topological polar surface area (TPSA) is 52.5 Å². The Hall–Kier alpha value is -1.68. The first-order valence-electron chi connectivity index (χ1n) is 7.42. The van der Waals surface area contributed by atoms with Gasteiger partial charge in [-0.3, -0.25) is 0 Å². The van der Waals surface area contributed by atoms with Crippen LogP contribution in [0.2, 0.25) is 0 Å². The van der Waals surface area contributed by atoms with Crippen molar-refractivity contribution in [1.82, 2.24) is 5.32 Å². The number of fused-ring (bicyclic) bond motifs is 3. The molecule has 0 amide bonds. The van der Waals surface area contributed by atoms with E-state index in [2.05, 4.69) is 35.6 Å². The van der Waals surface area contributed by atoms with Gasteiger partial charge < -0.3 is 15.5 Å². The maximum Gasteiger partial charge on any atom is 0.105 e. The Labute approximate surface area is 125 Å². The lowest BCUT2D eigenvalue weighted by Gasteiger charge is -2.19. The molecule has 0 bridgehead atoms. The summed E-state index contributed by atoms with van der Waals surface area (Å²) < 4.78 is 0. The molecule has 1 aliphatic rings. The van der Waals surface area contributed by atoms with E-state index in [-0.39, 0.29) is 0 Å².